The first-order valence-electron chi connectivity index (χ1n) is 9.78. The zero-order valence-electron chi connectivity index (χ0n) is 16.9. The predicted molar refractivity (Wildman–Crippen MR) is 117 cm³/mol. The van der Waals surface area contributed by atoms with E-state index in [1.54, 1.807) is 30.3 Å². The number of rotatable bonds is 7. The molecule has 0 bridgehead atoms. The molecule has 1 saturated heterocycles. The molecule has 3 rings (SSSR count). The maximum Gasteiger partial charge on any atom is 0.311 e. The Morgan fingerprint density at radius 1 is 1.13 bits per heavy atom. The molecular formula is C22H22BrN3O5. The molecule has 2 aromatic rings. The number of nitrogens with zero attached hydrogens (tertiary/aromatic N) is 1. The van der Waals surface area contributed by atoms with Crippen LogP contribution in [0.15, 0.2) is 53.0 Å². The highest BCUT2D eigenvalue weighted by Gasteiger charge is 2.36. The highest BCUT2D eigenvalue weighted by Crippen LogP contribution is 2.19. The molecule has 2 N–H and O–H groups in total. The van der Waals surface area contributed by atoms with Crippen LogP contribution in [0.4, 0.5) is 5.69 Å². The van der Waals surface area contributed by atoms with Crippen LogP contribution in [0.25, 0.3) is 0 Å². The fourth-order valence-corrected chi connectivity index (χ4v) is 3.42. The first-order valence-corrected chi connectivity index (χ1v) is 10.6. The third kappa shape index (κ3) is 5.91. The molecule has 8 nitrogen and oxygen atoms in total. The maximum atomic E-state index is 12.3. The van der Waals surface area contributed by atoms with Gasteiger partial charge in [-0.25, -0.2) is 0 Å². The minimum atomic E-state index is -0.756. The highest BCUT2D eigenvalue weighted by atomic mass is 79.9. The molecule has 0 aromatic heterocycles. The number of aryl methyl sites for hydroxylation is 1. The molecule has 0 saturated carbocycles. The number of carbonyl (C=O) groups excluding carboxylic acids is 4. The normalized spacial score (nSPS) is 15.5. The molecule has 162 valence electrons. The van der Waals surface area contributed by atoms with Crippen molar-refractivity contribution in [3.8, 4) is 0 Å². The molecule has 1 atom stereocenters. The van der Waals surface area contributed by atoms with E-state index < -0.39 is 36.2 Å². The van der Waals surface area contributed by atoms with E-state index in [2.05, 4.69) is 26.7 Å². The quantitative estimate of drug-likeness (QED) is 0.584. The average molecular weight is 488 g/mol. The summed E-state index contributed by atoms with van der Waals surface area (Å²) in [5, 5.41) is 3.82. The molecule has 0 aliphatic carbocycles. The van der Waals surface area contributed by atoms with Crippen LogP contribution in [0.3, 0.4) is 0 Å². The summed E-state index contributed by atoms with van der Waals surface area (Å²) in [5.74, 6) is -2.72. The van der Waals surface area contributed by atoms with Gasteiger partial charge in [0, 0.05) is 22.1 Å². The van der Waals surface area contributed by atoms with E-state index in [4.69, 9.17) is 4.74 Å². The van der Waals surface area contributed by atoms with E-state index in [1.165, 1.54) is 0 Å². The van der Waals surface area contributed by atoms with Crippen molar-refractivity contribution in [2.24, 2.45) is 5.92 Å². The SMILES string of the molecule is CCc1ccccc1NC(=O)COC(=O)[C@@H]1CC(=O)N(NC(=O)c2ccc(Br)cc2)C1. The van der Waals surface area contributed by atoms with Crippen LogP contribution < -0.4 is 10.7 Å². The molecule has 0 unspecified atom stereocenters. The second-order valence-electron chi connectivity index (χ2n) is 7.02. The summed E-state index contributed by atoms with van der Waals surface area (Å²) >= 11 is 3.29. The summed E-state index contributed by atoms with van der Waals surface area (Å²) in [6.07, 6.45) is 0.655. The van der Waals surface area contributed by atoms with Gasteiger partial charge in [0.05, 0.1) is 12.5 Å². The second kappa shape index (κ2) is 10.2. The Balaban J connectivity index is 1.49. The van der Waals surface area contributed by atoms with Gasteiger partial charge in [-0.15, -0.1) is 0 Å². The number of esters is 1. The number of ether oxygens (including phenoxy) is 1. The molecule has 31 heavy (non-hydrogen) atoms. The van der Waals surface area contributed by atoms with Gasteiger partial charge in [0.1, 0.15) is 0 Å². The molecule has 1 aliphatic heterocycles. The fraction of sp³-hybridized carbons (Fsp3) is 0.273. The number of para-hydroxylation sites is 1. The fourth-order valence-electron chi connectivity index (χ4n) is 3.15. The van der Waals surface area contributed by atoms with Crippen molar-refractivity contribution in [1.29, 1.82) is 0 Å². The Labute approximate surface area is 188 Å². The maximum absolute atomic E-state index is 12.3. The summed E-state index contributed by atoms with van der Waals surface area (Å²) in [4.78, 5) is 48.9. The Morgan fingerprint density at radius 3 is 2.55 bits per heavy atom. The molecular weight excluding hydrogens is 466 g/mol. The van der Waals surface area contributed by atoms with Crippen molar-refractivity contribution in [1.82, 2.24) is 10.4 Å². The van der Waals surface area contributed by atoms with Gasteiger partial charge in [0.25, 0.3) is 11.8 Å². The van der Waals surface area contributed by atoms with E-state index in [-0.39, 0.29) is 13.0 Å². The van der Waals surface area contributed by atoms with Crippen molar-refractivity contribution in [3.63, 3.8) is 0 Å². The van der Waals surface area contributed by atoms with Gasteiger partial charge in [-0.3, -0.25) is 29.6 Å². The highest BCUT2D eigenvalue weighted by molar-refractivity contribution is 9.10. The first-order chi connectivity index (χ1) is 14.9. The molecule has 1 heterocycles. The van der Waals surface area contributed by atoms with Crippen molar-refractivity contribution in [2.45, 2.75) is 19.8 Å². The number of anilines is 1. The molecule has 9 heteroatoms. The molecule has 0 radical (unpaired) electrons. The number of benzene rings is 2. The zero-order chi connectivity index (χ0) is 22.4. The Bertz CT molecular complexity index is 993. The average Bonchev–Trinajstić information content (AvgIpc) is 3.13. The number of hydrogen-bond acceptors (Lipinski definition) is 5. The van der Waals surface area contributed by atoms with Gasteiger partial charge in [-0.1, -0.05) is 41.1 Å². The monoisotopic (exact) mass is 487 g/mol. The summed E-state index contributed by atoms with van der Waals surface area (Å²) in [5.41, 5.74) is 4.53. The summed E-state index contributed by atoms with van der Waals surface area (Å²) in [6, 6.07) is 14.0. The van der Waals surface area contributed by atoms with E-state index in [9.17, 15) is 19.2 Å². The molecule has 2 aromatic carbocycles. The van der Waals surface area contributed by atoms with Crippen LogP contribution in [-0.2, 0) is 25.5 Å². The van der Waals surface area contributed by atoms with E-state index >= 15 is 0 Å². The summed E-state index contributed by atoms with van der Waals surface area (Å²) < 4.78 is 5.91. The van der Waals surface area contributed by atoms with Crippen molar-refractivity contribution < 1.29 is 23.9 Å². The van der Waals surface area contributed by atoms with Gasteiger partial charge in [0.2, 0.25) is 5.91 Å². The molecule has 1 aliphatic rings. The van der Waals surface area contributed by atoms with E-state index in [1.807, 2.05) is 25.1 Å². The van der Waals surface area contributed by atoms with Gasteiger partial charge in [-0.05, 0) is 42.3 Å². The lowest BCUT2D eigenvalue weighted by Crippen LogP contribution is -2.43. The Kier molecular flexibility index (Phi) is 7.41. The third-order valence-electron chi connectivity index (χ3n) is 4.82. The minimum absolute atomic E-state index is 0.0137. The number of carbonyl (C=O) groups is 4. The molecule has 0 spiro atoms. The number of nitrogens with one attached hydrogen (secondary N) is 2. The van der Waals surface area contributed by atoms with E-state index in [0.717, 1.165) is 21.5 Å². The Hall–Kier alpha value is -3.20. The van der Waals surface area contributed by atoms with Crippen molar-refractivity contribution in [2.75, 3.05) is 18.5 Å². The minimum Gasteiger partial charge on any atom is -0.455 e. The molecule has 3 amide bonds. The van der Waals surface area contributed by atoms with Gasteiger partial charge >= 0.3 is 5.97 Å². The van der Waals surface area contributed by atoms with Crippen LogP contribution in [0.2, 0.25) is 0 Å². The lowest BCUT2D eigenvalue weighted by Gasteiger charge is -2.17. The zero-order valence-corrected chi connectivity index (χ0v) is 18.5. The number of hydrazine groups is 1. The van der Waals surface area contributed by atoms with Gasteiger partial charge in [-0.2, -0.15) is 0 Å². The van der Waals surface area contributed by atoms with Crippen LogP contribution in [-0.4, -0.2) is 41.9 Å². The summed E-state index contributed by atoms with van der Waals surface area (Å²) in [7, 11) is 0. The smallest absolute Gasteiger partial charge is 0.311 e. The molecule has 1 fully saturated rings. The number of halogens is 1. The number of amides is 3. The lowest BCUT2D eigenvalue weighted by molar-refractivity contribution is -0.151. The second-order valence-corrected chi connectivity index (χ2v) is 7.94. The largest absolute Gasteiger partial charge is 0.455 e. The van der Waals surface area contributed by atoms with Crippen LogP contribution in [0.1, 0.15) is 29.3 Å². The topological polar surface area (TPSA) is 105 Å². The standard InChI is InChI=1S/C22H22BrN3O5/c1-2-14-5-3-4-6-18(14)24-19(27)13-31-22(30)16-11-20(28)26(12-16)25-21(29)15-7-9-17(23)10-8-15/h3-10,16H,2,11-13H2,1H3,(H,24,27)(H,25,29)/t16-/m1/s1. The lowest BCUT2D eigenvalue weighted by atomic mass is 10.1. The third-order valence-corrected chi connectivity index (χ3v) is 5.35. The van der Waals surface area contributed by atoms with Crippen LogP contribution >= 0.6 is 15.9 Å². The van der Waals surface area contributed by atoms with Crippen molar-refractivity contribution >= 4 is 45.3 Å². The number of hydrogen-bond donors (Lipinski definition) is 2. The van der Waals surface area contributed by atoms with Gasteiger partial charge in [0.15, 0.2) is 6.61 Å². The summed E-state index contributed by atoms with van der Waals surface area (Å²) in [6.45, 7) is 1.51. The van der Waals surface area contributed by atoms with Crippen molar-refractivity contribution in [3.05, 3.63) is 64.1 Å². The van der Waals surface area contributed by atoms with E-state index in [0.29, 0.717) is 11.3 Å². The van der Waals surface area contributed by atoms with Crippen LogP contribution in [0.5, 0.6) is 0 Å². The van der Waals surface area contributed by atoms with Gasteiger partial charge < -0.3 is 10.1 Å². The first kappa shape index (κ1) is 22.5. The Morgan fingerprint density at radius 2 is 1.84 bits per heavy atom. The predicted octanol–water partition coefficient (Wildman–Crippen LogP) is 2.69. The van der Waals surface area contributed by atoms with Crippen LogP contribution in [0, 0.1) is 5.92 Å².